The molecule has 0 radical (unpaired) electrons. The number of benzene rings is 1. The zero-order valence-electron chi connectivity index (χ0n) is 16.3. The molecule has 3 heterocycles. The number of amides is 1. The summed E-state index contributed by atoms with van der Waals surface area (Å²) in [6, 6.07) is 14.3. The number of furan rings is 1. The van der Waals surface area contributed by atoms with Crippen LogP contribution in [0.3, 0.4) is 0 Å². The lowest BCUT2D eigenvalue weighted by Gasteiger charge is -2.32. The van der Waals surface area contributed by atoms with Crippen molar-refractivity contribution in [2.45, 2.75) is 25.3 Å². The molecule has 0 N–H and O–H groups in total. The van der Waals surface area contributed by atoms with E-state index >= 15 is 0 Å². The molecule has 29 heavy (non-hydrogen) atoms. The maximum Gasteiger partial charge on any atom is 0.267 e. The molecular formula is C22H23N3O4. The van der Waals surface area contributed by atoms with Crippen molar-refractivity contribution < 1.29 is 13.9 Å². The lowest BCUT2D eigenvalue weighted by molar-refractivity contribution is -0.131. The molecule has 1 aliphatic rings. The van der Waals surface area contributed by atoms with Crippen LogP contribution in [0.2, 0.25) is 0 Å². The minimum absolute atomic E-state index is 0.0345. The SMILES string of the molecule is COc1ccccc1CC(=O)N1CCC(n2nc(-c3ccco3)ccc2=O)CC1. The van der Waals surface area contributed by atoms with Gasteiger partial charge in [-0.1, -0.05) is 18.2 Å². The average molecular weight is 393 g/mol. The van der Waals surface area contributed by atoms with Gasteiger partial charge in [0.05, 0.1) is 25.8 Å². The fourth-order valence-electron chi connectivity index (χ4n) is 3.73. The third kappa shape index (κ3) is 4.08. The summed E-state index contributed by atoms with van der Waals surface area (Å²) < 4.78 is 12.3. The Labute approximate surface area is 168 Å². The molecule has 0 saturated carbocycles. The van der Waals surface area contributed by atoms with Crippen LogP contribution < -0.4 is 10.3 Å². The highest BCUT2D eigenvalue weighted by molar-refractivity contribution is 5.79. The molecule has 0 atom stereocenters. The van der Waals surface area contributed by atoms with Gasteiger partial charge in [-0.25, -0.2) is 4.68 Å². The summed E-state index contributed by atoms with van der Waals surface area (Å²) in [5.74, 6) is 1.42. The highest BCUT2D eigenvalue weighted by Gasteiger charge is 2.26. The van der Waals surface area contributed by atoms with E-state index in [4.69, 9.17) is 9.15 Å². The molecule has 4 rings (SSSR count). The molecule has 1 fully saturated rings. The molecule has 0 unspecified atom stereocenters. The normalized spacial score (nSPS) is 14.7. The maximum atomic E-state index is 12.7. The van der Waals surface area contributed by atoms with E-state index in [0.29, 0.717) is 43.8 Å². The van der Waals surface area contributed by atoms with E-state index in [1.165, 1.54) is 10.7 Å². The zero-order chi connectivity index (χ0) is 20.2. The van der Waals surface area contributed by atoms with Crippen LogP contribution in [0.1, 0.15) is 24.4 Å². The van der Waals surface area contributed by atoms with E-state index < -0.39 is 0 Å². The highest BCUT2D eigenvalue weighted by Crippen LogP contribution is 2.24. The van der Waals surface area contributed by atoms with Crippen molar-refractivity contribution in [3.63, 3.8) is 0 Å². The largest absolute Gasteiger partial charge is 0.496 e. The molecule has 7 heteroatoms. The first-order chi connectivity index (χ1) is 14.2. The van der Waals surface area contributed by atoms with E-state index in [9.17, 15) is 9.59 Å². The van der Waals surface area contributed by atoms with Crippen molar-refractivity contribution in [2.24, 2.45) is 0 Å². The number of hydrogen-bond donors (Lipinski definition) is 0. The van der Waals surface area contributed by atoms with Gasteiger partial charge in [-0.15, -0.1) is 0 Å². The molecule has 1 amide bonds. The van der Waals surface area contributed by atoms with E-state index in [1.807, 2.05) is 35.2 Å². The third-order valence-corrected chi connectivity index (χ3v) is 5.30. The number of aromatic nitrogens is 2. The Hall–Kier alpha value is -3.35. The minimum Gasteiger partial charge on any atom is -0.496 e. The standard InChI is InChI=1S/C22H23N3O4/c1-28-19-6-3-2-5-16(19)15-22(27)24-12-10-17(11-13-24)25-21(26)9-8-18(23-25)20-7-4-14-29-20/h2-9,14,17H,10-13,15H2,1H3. The highest BCUT2D eigenvalue weighted by atomic mass is 16.5. The van der Waals surface area contributed by atoms with Crippen LogP contribution in [0.25, 0.3) is 11.5 Å². The van der Waals surface area contributed by atoms with Crippen LogP contribution in [0.4, 0.5) is 0 Å². The van der Waals surface area contributed by atoms with E-state index in [1.54, 1.807) is 25.5 Å². The van der Waals surface area contributed by atoms with Crippen LogP contribution in [0.5, 0.6) is 5.75 Å². The fraction of sp³-hybridized carbons (Fsp3) is 0.318. The van der Waals surface area contributed by atoms with Crippen LogP contribution in [0, 0.1) is 0 Å². The molecule has 0 aliphatic carbocycles. The molecule has 1 aliphatic heterocycles. The Morgan fingerprint density at radius 3 is 2.66 bits per heavy atom. The molecule has 150 valence electrons. The molecule has 0 spiro atoms. The van der Waals surface area contributed by atoms with Gasteiger partial charge in [0.25, 0.3) is 5.56 Å². The first kappa shape index (κ1) is 19.0. The number of para-hydroxylation sites is 1. The van der Waals surface area contributed by atoms with Gasteiger partial charge in [0.2, 0.25) is 5.91 Å². The van der Waals surface area contributed by atoms with Crippen molar-refractivity contribution in [1.29, 1.82) is 0 Å². The summed E-state index contributed by atoms with van der Waals surface area (Å²) in [4.78, 5) is 26.9. The summed E-state index contributed by atoms with van der Waals surface area (Å²) in [7, 11) is 1.61. The number of carbonyl (C=O) groups excluding carboxylic acids is 1. The molecule has 2 aromatic heterocycles. The number of hydrogen-bond acceptors (Lipinski definition) is 5. The predicted molar refractivity (Wildman–Crippen MR) is 108 cm³/mol. The number of rotatable bonds is 5. The minimum atomic E-state index is -0.140. The second-order valence-electron chi connectivity index (χ2n) is 7.08. The molecule has 1 saturated heterocycles. The molecular weight excluding hydrogens is 370 g/mol. The van der Waals surface area contributed by atoms with Crippen molar-refractivity contribution in [3.8, 4) is 17.2 Å². The van der Waals surface area contributed by atoms with Crippen molar-refractivity contribution in [3.05, 3.63) is 70.7 Å². The number of likely N-dealkylation sites (tertiary alicyclic amines) is 1. The quantitative estimate of drug-likeness (QED) is 0.666. The average Bonchev–Trinajstić information content (AvgIpc) is 3.29. The van der Waals surface area contributed by atoms with Gasteiger partial charge >= 0.3 is 0 Å². The summed E-state index contributed by atoms with van der Waals surface area (Å²) in [6.45, 7) is 1.19. The number of nitrogens with zero attached hydrogens (tertiary/aromatic N) is 3. The summed E-state index contributed by atoms with van der Waals surface area (Å²) in [5.41, 5.74) is 1.37. The fourth-order valence-corrected chi connectivity index (χ4v) is 3.73. The second-order valence-corrected chi connectivity index (χ2v) is 7.08. The van der Waals surface area contributed by atoms with Gasteiger partial charge in [0.1, 0.15) is 11.4 Å². The van der Waals surface area contributed by atoms with E-state index in [0.717, 1.165) is 11.3 Å². The Morgan fingerprint density at radius 2 is 1.93 bits per heavy atom. The Kier molecular flexibility index (Phi) is 5.46. The Morgan fingerprint density at radius 1 is 1.14 bits per heavy atom. The topological polar surface area (TPSA) is 77.6 Å². The summed E-state index contributed by atoms with van der Waals surface area (Å²) in [6.07, 6.45) is 3.26. The monoisotopic (exact) mass is 393 g/mol. The second kappa shape index (κ2) is 8.34. The third-order valence-electron chi connectivity index (χ3n) is 5.30. The van der Waals surface area contributed by atoms with Crippen LogP contribution >= 0.6 is 0 Å². The Balaban J connectivity index is 1.42. The van der Waals surface area contributed by atoms with Crippen molar-refractivity contribution in [1.82, 2.24) is 14.7 Å². The van der Waals surface area contributed by atoms with Gasteiger partial charge in [0.15, 0.2) is 5.76 Å². The summed E-state index contributed by atoms with van der Waals surface area (Å²) in [5, 5.41) is 4.49. The van der Waals surface area contributed by atoms with Gasteiger partial charge in [0, 0.05) is 24.7 Å². The number of ether oxygens (including phenoxy) is 1. The smallest absolute Gasteiger partial charge is 0.267 e. The molecule has 0 bridgehead atoms. The van der Waals surface area contributed by atoms with Crippen LogP contribution in [0.15, 0.2) is 64.0 Å². The maximum absolute atomic E-state index is 12.7. The van der Waals surface area contributed by atoms with Crippen molar-refractivity contribution >= 4 is 5.91 Å². The number of carbonyl (C=O) groups is 1. The van der Waals surface area contributed by atoms with E-state index in [-0.39, 0.29) is 17.5 Å². The van der Waals surface area contributed by atoms with Crippen molar-refractivity contribution in [2.75, 3.05) is 20.2 Å². The van der Waals surface area contributed by atoms with Gasteiger partial charge in [-0.05, 0) is 37.1 Å². The number of piperidine rings is 1. The predicted octanol–water partition coefficient (Wildman–Crippen LogP) is 2.92. The first-order valence-electron chi connectivity index (χ1n) is 9.69. The van der Waals surface area contributed by atoms with Gasteiger partial charge in [-0.2, -0.15) is 5.10 Å². The Bertz CT molecular complexity index is 1030. The molecule has 7 nitrogen and oxygen atoms in total. The zero-order valence-corrected chi connectivity index (χ0v) is 16.3. The molecule has 1 aromatic carbocycles. The van der Waals surface area contributed by atoms with E-state index in [2.05, 4.69) is 5.10 Å². The molecule has 3 aromatic rings. The first-order valence-corrected chi connectivity index (χ1v) is 9.69. The van der Waals surface area contributed by atoms with Gasteiger partial charge in [-0.3, -0.25) is 9.59 Å². The lowest BCUT2D eigenvalue weighted by Crippen LogP contribution is -2.42. The number of methoxy groups -OCH3 is 1. The van der Waals surface area contributed by atoms with Crippen LogP contribution in [-0.2, 0) is 11.2 Å². The summed E-state index contributed by atoms with van der Waals surface area (Å²) >= 11 is 0. The lowest BCUT2D eigenvalue weighted by atomic mass is 10.0. The van der Waals surface area contributed by atoms with Crippen LogP contribution in [-0.4, -0.2) is 40.8 Å². The van der Waals surface area contributed by atoms with Gasteiger partial charge < -0.3 is 14.1 Å².